The number of amides is 1. The fourth-order valence-corrected chi connectivity index (χ4v) is 2.62. The summed E-state index contributed by atoms with van der Waals surface area (Å²) in [5.74, 6) is -0.895. The van der Waals surface area contributed by atoms with Gasteiger partial charge < -0.3 is 15.3 Å². The van der Waals surface area contributed by atoms with Gasteiger partial charge in [-0.25, -0.2) is 4.79 Å². The van der Waals surface area contributed by atoms with Gasteiger partial charge in [0.15, 0.2) is 0 Å². The lowest BCUT2D eigenvalue weighted by molar-refractivity contribution is -0.131. The highest BCUT2D eigenvalue weighted by Gasteiger charge is 2.28. The number of aryl methyl sites for hydroxylation is 1. The van der Waals surface area contributed by atoms with Crippen molar-refractivity contribution in [1.82, 2.24) is 5.32 Å². The molecule has 0 bridgehead atoms. The Balaban J connectivity index is 2.26. The van der Waals surface area contributed by atoms with Crippen molar-refractivity contribution in [1.29, 1.82) is 0 Å². The zero-order valence-corrected chi connectivity index (χ0v) is 12.3. The minimum Gasteiger partial charge on any atom is -0.478 e. The SMILES string of the molecule is CCC1C(=O)NCCN1c1ccc(C=CC(=O)O)c(C)c1. The Morgan fingerprint density at radius 1 is 1.52 bits per heavy atom. The number of hydrogen-bond donors (Lipinski definition) is 2. The Labute approximate surface area is 124 Å². The van der Waals surface area contributed by atoms with Crippen molar-refractivity contribution < 1.29 is 14.7 Å². The van der Waals surface area contributed by atoms with Crippen LogP contribution in [0.15, 0.2) is 24.3 Å². The number of carbonyl (C=O) groups excluding carboxylic acids is 1. The summed E-state index contributed by atoms with van der Waals surface area (Å²) in [5, 5.41) is 11.6. The van der Waals surface area contributed by atoms with E-state index in [1.165, 1.54) is 0 Å². The van der Waals surface area contributed by atoms with Gasteiger partial charge in [0.1, 0.15) is 6.04 Å². The van der Waals surface area contributed by atoms with Crippen LogP contribution in [-0.2, 0) is 9.59 Å². The first-order chi connectivity index (χ1) is 10.0. The average molecular weight is 288 g/mol. The fraction of sp³-hybridized carbons (Fsp3) is 0.375. The molecule has 1 unspecified atom stereocenters. The number of anilines is 1. The first kappa shape index (κ1) is 15.1. The number of carbonyl (C=O) groups is 2. The number of nitrogens with zero attached hydrogens (tertiary/aromatic N) is 1. The zero-order chi connectivity index (χ0) is 15.4. The number of hydrogen-bond acceptors (Lipinski definition) is 3. The number of piperazine rings is 1. The Hall–Kier alpha value is -2.30. The molecule has 1 saturated heterocycles. The second kappa shape index (κ2) is 6.43. The molecule has 5 nitrogen and oxygen atoms in total. The van der Waals surface area contributed by atoms with E-state index >= 15 is 0 Å². The summed E-state index contributed by atoms with van der Waals surface area (Å²) in [6.07, 6.45) is 3.47. The molecule has 112 valence electrons. The maximum Gasteiger partial charge on any atom is 0.328 e. The molecule has 1 aliphatic rings. The first-order valence-electron chi connectivity index (χ1n) is 7.09. The van der Waals surface area contributed by atoms with E-state index in [1.807, 2.05) is 32.0 Å². The molecule has 0 radical (unpaired) electrons. The largest absolute Gasteiger partial charge is 0.478 e. The van der Waals surface area contributed by atoms with Gasteiger partial charge in [-0.15, -0.1) is 0 Å². The van der Waals surface area contributed by atoms with Crippen molar-refractivity contribution in [3.8, 4) is 0 Å². The van der Waals surface area contributed by atoms with Crippen molar-refractivity contribution in [2.24, 2.45) is 0 Å². The first-order valence-corrected chi connectivity index (χ1v) is 7.09. The number of aliphatic carboxylic acids is 1. The zero-order valence-electron chi connectivity index (χ0n) is 12.3. The Bertz CT molecular complexity index is 581. The van der Waals surface area contributed by atoms with E-state index in [2.05, 4.69) is 10.2 Å². The summed E-state index contributed by atoms with van der Waals surface area (Å²) in [4.78, 5) is 24.6. The molecule has 0 aromatic heterocycles. The van der Waals surface area contributed by atoms with Crippen LogP contribution in [0.25, 0.3) is 6.08 Å². The van der Waals surface area contributed by atoms with Crippen molar-refractivity contribution in [3.63, 3.8) is 0 Å². The molecule has 1 fully saturated rings. The van der Waals surface area contributed by atoms with E-state index in [-0.39, 0.29) is 11.9 Å². The lowest BCUT2D eigenvalue weighted by atomic mass is 10.0. The van der Waals surface area contributed by atoms with Crippen LogP contribution in [0, 0.1) is 6.92 Å². The smallest absolute Gasteiger partial charge is 0.328 e. The molecule has 5 heteroatoms. The van der Waals surface area contributed by atoms with Crippen molar-refractivity contribution >= 4 is 23.6 Å². The number of benzene rings is 1. The van der Waals surface area contributed by atoms with E-state index in [9.17, 15) is 9.59 Å². The molecule has 1 aromatic carbocycles. The highest BCUT2D eigenvalue weighted by molar-refractivity contribution is 5.87. The number of nitrogens with one attached hydrogen (secondary N) is 1. The summed E-state index contributed by atoms with van der Waals surface area (Å²) >= 11 is 0. The summed E-state index contributed by atoms with van der Waals surface area (Å²) in [6.45, 7) is 5.37. The van der Waals surface area contributed by atoms with Gasteiger partial charge in [0.25, 0.3) is 0 Å². The minimum absolute atomic E-state index is 0.0660. The van der Waals surface area contributed by atoms with Crippen LogP contribution in [-0.4, -0.2) is 36.1 Å². The summed E-state index contributed by atoms with van der Waals surface area (Å²) < 4.78 is 0. The Kier molecular flexibility index (Phi) is 4.62. The molecule has 2 N–H and O–H groups in total. The van der Waals surface area contributed by atoms with Crippen LogP contribution >= 0.6 is 0 Å². The standard InChI is InChI=1S/C16H20N2O3/c1-3-14-16(21)17-8-9-18(14)13-6-4-12(11(2)10-13)5-7-15(19)20/h4-7,10,14H,3,8-9H2,1-2H3,(H,17,21)(H,19,20). The minimum atomic E-state index is -0.961. The third-order valence-corrected chi connectivity index (χ3v) is 3.71. The molecule has 21 heavy (non-hydrogen) atoms. The molecule has 0 aliphatic carbocycles. The van der Waals surface area contributed by atoms with Crippen LogP contribution < -0.4 is 10.2 Å². The van der Waals surface area contributed by atoms with Gasteiger partial charge in [-0.05, 0) is 42.7 Å². The van der Waals surface area contributed by atoms with Gasteiger partial charge >= 0.3 is 5.97 Å². The van der Waals surface area contributed by atoms with Gasteiger partial charge in [-0.1, -0.05) is 13.0 Å². The van der Waals surface area contributed by atoms with Gasteiger partial charge in [0, 0.05) is 24.9 Å². The summed E-state index contributed by atoms with van der Waals surface area (Å²) in [7, 11) is 0. The molecule has 0 saturated carbocycles. The average Bonchev–Trinajstić information content (AvgIpc) is 2.45. The third-order valence-electron chi connectivity index (χ3n) is 3.71. The van der Waals surface area contributed by atoms with Crippen LogP contribution in [0.3, 0.4) is 0 Å². The monoisotopic (exact) mass is 288 g/mol. The summed E-state index contributed by atoms with van der Waals surface area (Å²) in [6, 6.07) is 5.70. The van der Waals surface area contributed by atoms with Gasteiger partial charge in [-0.2, -0.15) is 0 Å². The van der Waals surface area contributed by atoms with E-state index < -0.39 is 5.97 Å². The topological polar surface area (TPSA) is 69.6 Å². The quantitative estimate of drug-likeness (QED) is 0.829. The van der Waals surface area contributed by atoms with Crippen molar-refractivity contribution in [3.05, 3.63) is 35.4 Å². The fourth-order valence-electron chi connectivity index (χ4n) is 2.62. The molecule has 0 spiro atoms. The molecule has 1 amide bonds. The Morgan fingerprint density at radius 2 is 2.29 bits per heavy atom. The van der Waals surface area contributed by atoms with E-state index in [0.717, 1.165) is 35.9 Å². The number of rotatable bonds is 4. The van der Waals surface area contributed by atoms with E-state index in [0.29, 0.717) is 6.54 Å². The predicted octanol–water partition coefficient (Wildman–Crippen LogP) is 1.81. The van der Waals surface area contributed by atoms with Crippen molar-refractivity contribution in [2.75, 3.05) is 18.0 Å². The van der Waals surface area contributed by atoms with Gasteiger partial charge in [0.05, 0.1) is 0 Å². The second-order valence-electron chi connectivity index (χ2n) is 5.12. The normalized spacial score (nSPS) is 18.9. The second-order valence-corrected chi connectivity index (χ2v) is 5.12. The molecule has 1 heterocycles. The molecule has 1 aliphatic heterocycles. The van der Waals surface area contributed by atoms with E-state index in [1.54, 1.807) is 6.08 Å². The molecular formula is C16H20N2O3. The van der Waals surface area contributed by atoms with Crippen molar-refractivity contribution in [2.45, 2.75) is 26.3 Å². The number of carboxylic acids is 1. The number of carboxylic acid groups (broad SMARTS) is 1. The predicted molar refractivity (Wildman–Crippen MR) is 82.3 cm³/mol. The maximum atomic E-state index is 11.9. The van der Waals surface area contributed by atoms with Gasteiger partial charge in [-0.3, -0.25) is 4.79 Å². The molecule has 2 rings (SSSR count). The lowest BCUT2D eigenvalue weighted by Crippen LogP contribution is -2.55. The highest BCUT2D eigenvalue weighted by Crippen LogP contribution is 2.24. The van der Waals surface area contributed by atoms with E-state index in [4.69, 9.17) is 5.11 Å². The third kappa shape index (κ3) is 3.42. The van der Waals surface area contributed by atoms with Crippen LogP contribution in [0.1, 0.15) is 24.5 Å². The molecular weight excluding hydrogens is 268 g/mol. The van der Waals surface area contributed by atoms with Crippen LogP contribution in [0.5, 0.6) is 0 Å². The Morgan fingerprint density at radius 3 is 2.90 bits per heavy atom. The molecule has 1 aromatic rings. The van der Waals surface area contributed by atoms with Gasteiger partial charge in [0.2, 0.25) is 5.91 Å². The lowest BCUT2D eigenvalue weighted by Gasteiger charge is -2.36. The summed E-state index contributed by atoms with van der Waals surface area (Å²) in [5.41, 5.74) is 2.86. The van der Waals surface area contributed by atoms with Crippen LogP contribution in [0.2, 0.25) is 0 Å². The highest BCUT2D eigenvalue weighted by atomic mass is 16.4. The molecule has 1 atom stereocenters. The van der Waals surface area contributed by atoms with Crippen LogP contribution in [0.4, 0.5) is 5.69 Å². The maximum absolute atomic E-state index is 11.9.